The van der Waals surface area contributed by atoms with Crippen molar-refractivity contribution in [3.05, 3.63) is 63.6 Å². The number of halogens is 2. The molecule has 27 heavy (non-hydrogen) atoms. The molecular weight excluding hydrogens is 385 g/mol. The summed E-state index contributed by atoms with van der Waals surface area (Å²) in [6.07, 6.45) is 0. The van der Waals surface area contributed by atoms with Crippen LogP contribution < -0.4 is 5.32 Å². The van der Waals surface area contributed by atoms with E-state index in [1.807, 2.05) is 24.9 Å². The summed E-state index contributed by atoms with van der Waals surface area (Å²) in [6.45, 7) is 2.17. The summed E-state index contributed by atoms with van der Waals surface area (Å²) in [5.41, 5.74) is 2.12. The van der Waals surface area contributed by atoms with Crippen LogP contribution in [-0.4, -0.2) is 49.3 Å². The lowest BCUT2D eigenvalue weighted by atomic mass is 10.1. The lowest BCUT2D eigenvalue weighted by Crippen LogP contribution is -2.32. The maximum absolute atomic E-state index is 12.3. The molecule has 2 amide bonds. The first-order valence-corrected chi connectivity index (χ1v) is 9.21. The number of carbonyl (C=O) groups excluding carboxylic acids is 2. The molecule has 144 valence electrons. The van der Waals surface area contributed by atoms with Gasteiger partial charge in [0.15, 0.2) is 0 Å². The van der Waals surface area contributed by atoms with Gasteiger partial charge < -0.3 is 10.2 Å². The van der Waals surface area contributed by atoms with Crippen molar-refractivity contribution >= 4 is 40.7 Å². The predicted octanol–water partition coefficient (Wildman–Crippen LogP) is 4.33. The van der Waals surface area contributed by atoms with E-state index < -0.39 is 0 Å². The van der Waals surface area contributed by atoms with E-state index in [1.165, 1.54) is 4.90 Å². The van der Waals surface area contributed by atoms with Gasteiger partial charge in [0, 0.05) is 41.4 Å². The zero-order valence-electron chi connectivity index (χ0n) is 15.8. The predicted molar refractivity (Wildman–Crippen MR) is 111 cm³/mol. The zero-order valence-corrected chi connectivity index (χ0v) is 17.3. The second-order valence-electron chi connectivity index (χ2n) is 6.58. The number of carbonyl (C=O) groups is 2. The van der Waals surface area contributed by atoms with Crippen molar-refractivity contribution in [1.82, 2.24) is 9.80 Å². The molecule has 0 radical (unpaired) electrons. The highest BCUT2D eigenvalue weighted by atomic mass is 35.5. The van der Waals surface area contributed by atoms with Crippen molar-refractivity contribution in [2.75, 3.05) is 33.0 Å². The Morgan fingerprint density at radius 3 is 2.22 bits per heavy atom. The van der Waals surface area contributed by atoms with E-state index >= 15 is 0 Å². The van der Waals surface area contributed by atoms with E-state index in [0.29, 0.717) is 21.3 Å². The topological polar surface area (TPSA) is 52.7 Å². The first kappa shape index (κ1) is 21.2. The number of benzene rings is 2. The van der Waals surface area contributed by atoms with Crippen molar-refractivity contribution < 1.29 is 9.59 Å². The molecule has 2 aromatic rings. The van der Waals surface area contributed by atoms with Crippen molar-refractivity contribution in [3.63, 3.8) is 0 Å². The van der Waals surface area contributed by atoms with Gasteiger partial charge >= 0.3 is 0 Å². The molecule has 0 heterocycles. The first-order chi connectivity index (χ1) is 12.7. The van der Waals surface area contributed by atoms with E-state index in [0.717, 1.165) is 5.56 Å². The van der Waals surface area contributed by atoms with Gasteiger partial charge in [-0.05, 0) is 55.9 Å². The molecule has 0 aromatic heterocycles. The van der Waals surface area contributed by atoms with Crippen LogP contribution in [0.15, 0.2) is 42.5 Å². The SMILES string of the molecule is C[C@H](c1ccc(Cl)cc1Cl)N(C)CC(=O)Nc1ccc(C(=O)N(C)C)cc1. The molecule has 0 saturated carbocycles. The van der Waals surface area contributed by atoms with Gasteiger partial charge in [-0.2, -0.15) is 0 Å². The molecular formula is C20H23Cl2N3O2. The number of hydrogen-bond donors (Lipinski definition) is 1. The molecule has 2 aromatic carbocycles. The number of hydrogen-bond acceptors (Lipinski definition) is 3. The van der Waals surface area contributed by atoms with Gasteiger partial charge in [0.05, 0.1) is 6.54 Å². The Balaban J connectivity index is 1.97. The third kappa shape index (κ3) is 5.70. The van der Waals surface area contributed by atoms with Crippen molar-refractivity contribution in [1.29, 1.82) is 0 Å². The monoisotopic (exact) mass is 407 g/mol. The third-order valence-corrected chi connectivity index (χ3v) is 4.85. The van der Waals surface area contributed by atoms with Gasteiger partial charge in [-0.1, -0.05) is 29.3 Å². The number of nitrogens with one attached hydrogen (secondary N) is 1. The Morgan fingerprint density at radius 1 is 1.04 bits per heavy atom. The molecule has 0 unspecified atom stereocenters. The number of amides is 2. The molecule has 0 aliphatic carbocycles. The Hall–Kier alpha value is -2.08. The number of rotatable bonds is 6. The maximum Gasteiger partial charge on any atom is 0.253 e. The normalized spacial score (nSPS) is 12.0. The standard InChI is InChI=1S/C20H23Cl2N3O2/c1-13(17-10-7-15(21)11-18(17)22)25(4)12-19(26)23-16-8-5-14(6-9-16)20(27)24(2)3/h5-11,13H,12H2,1-4H3,(H,23,26)/t13-/m1/s1. The minimum absolute atomic E-state index is 0.0550. The molecule has 1 N–H and O–H groups in total. The van der Waals surface area contributed by atoms with Gasteiger partial charge in [0.2, 0.25) is 5.91 Å². The highest BCUT2D eigenvalue weighted by Gasteiger charge is 2.18. The second-order valence-corrected chi connectivity index (χ2v) is 7.43. The lowest BCUT2D eigenvalue weighted by molar-refractivity contribution is -0.117. The number of anilines is 1. The molecule has 0 spiro atoms. The average molecular weight is 408 g/mol. The molecule has 0 saturated heterocycles. The second kappa shape index (κ2) is 9.22. The fourth-order valence-corrected chi connectivity index (χ4v) is 3.16. The fourth-order valence-electron chi connectivity index (χ4n) is 2.60. The molecule has 2 rings (SSSR count). The van der Waals surface area contributed by atoms with Crippen molar-refractivity contribution in [2.24, 2.45) is 0 Å². The summed E-state index contributed by atoms with van der Waals surface area (Å²) in [7, 11) is 5.25. The Kier molecular flexibility index (Phi) is 7.25. The lowest BCUT2D eigenvalue weighted by Gasteiger charge is -2.25. The van der Waals surface area contributed by atoms with E-state index in [1.54, 1.807) is 50.5 Å². The summed E-state index contributed by atoms with van der Waals surface area (Å²) in [6, 6.07) is 12.1. The minimum Gasteiger partial charge on any atom is -0.345 e. The first-order valence-electron chi connectivity index (χ1n) is 8.45. The third-order valence-electron chi connectivity index (χ3n) is 4.29. The van der Waals surface area contributed by atoms with Crippen LogP contribution >= 0.6 is 23.2 Å². The Labute approximate surface area is 169 Å². The molecule has 0 aliphatic heterocycles. The van der Waals surface area contributed by atoms with E-state index in [-0.39, 0.29) is 24.4 Å². The smallest absolute Gasteiger partial charge is 0.253 e. The van der Waals surface area contributed by atoms with Crippen LogP contribution in [0.4, 0.5) is 5.69 Å². The molecule has 1 atom stereocenters. The highest BCUT2D eigenvalue weighted by molar-refractivity contribution is 6.35. The fraction of sp³-hybridized carbons (Fsp3) is 0.300. The van der Waals surface area contributed by atoms with E-state index in [4.69, 9.17) is 23.2 Å². The van der Waals surface area contributed by atoms with Gasteiger partial charge in [0.1, 0.15) is 0 Å². The average Bonchev–Trinajstić information content (AvgIpc) is 2.61. The summed E-state index contributed by atoms with van der Waals surface area (Å²) in [5, 5.41) is 3.99. The number of likely N-dealkylation sites (N-methyl/N-ethyl adjacent to an activating group) is 1. The summed E-state index contributed by atoms with van der Waals surface area (Å²) in [5.74, 6) is -0.234. The largest absolute Gasteiger partial charge is 0.345 e. The van der Waals surface area contributed by atoms with Crippen LogP contribution in [0.2, 0.25) is 10.0 Å². The van der Waals surface area contributed by atoms with Crippen LogP contribution in [0.25, 0.3) is 0 Å². The zero-order chi connectivity index (χ0) is 20.1. The minimum atomic E-state index is -0.152. The van der Waals surface area contributed by atoms with Crippen molar-refractivity contribution in [3.8, 4) is 0 Å². The number of nitrogens with zero attached hydrogens (tertiary/aromatic N) is 2. The van der Waals surface area contributed by atoms with Gasteiger partial charge in [-0.25, -0.2) is 0 Å². The molecule has 0 bridgehead atoms. The quantitative estimate of drug-likeness (QED) is 0.774. The summed E-state index contributed by atoms with van der Waals surface area (Å²) < 4.78 is 0. The van der Waals surface area contributed by atoms with Crippen LogP contribution in [0.1, 0.15) is 28.9 Å². The van der Waals surface area contributed by atoms with E-state index in [2.05, 4.69) is 5.32 Å². The van der Waals surface area contributed by atoms with E-state index in [9.17, 15) is 9.59 Å². The van der Waals surface area contributed by atoms with Gasteiger partial charge in [-0.3, -0.25) is 14.5 Å². The van der Waals surface area contributed by atoms with Crippen LogP contribution in [0.5, 0.6) is 0 Å². The van der Waals surface area contributed by atoms with Crippen LogP contribution in [-0.2, 0) is 4.79 Å². The van der Waals surface area contributed by atoms with Crippen LogP contribution in [0.3, 0.4) is 0 Å². The summed E-state index contributed by atoms with van der Waals surface area (Å²) >= 11 is 12.2. The Bertz CT molecular complexity index is 822. The maximum atomic E-state index is 12.3. The summed E-state index contributed by atoms with van der Waals surface area (Å²) in [4.78, 5) is 27.6. The molecule has 0 aliphatic rings. The Morgan fingerprint density at radius 2 is 1.67 bits per heavy atom. The molecule has 5 nitrogen and oxygen atoms in total. The van der Waals surface area contributed by atoms with Gasteiger partial charge in [0.25, 0.3) is 5.91 Å². The molecule has 0 fully saturated rings. The van der Waals surface area contributed by atoms with Gasteiger partial charge in [-0.15, -0.1) is 0 Å². The van der Waals surface area contributed by atoms with Crippen LogP contribution in [0, 0.1) is 0 Å². The van der Waals surface area contributed by atoms with Crippen molar-refractivity contribution in [2.45, 2.75) is 13.0 Å². The molecule has 7 heteroatoms. The highest BCUT2D eigenvalue weighted by Crippen LogP contribution is 2.28.